The lowest BCUT2D eigenvalue weighted by Crippen LogP contribution is -2.08. The molecule has 0 atom stereocenters. The summed E-state index contributed by atoms with van der Waals surface area (Å²) in [5, 5.41) is 2.88. The minimum absolute atomic E-state index is 0.0454. The van der Waals surface area contributed by atoms with E-state index in [-0.39, 0.29) is 5.56 Å². The Morgan fingerprint density at radius 3 is 2.59 bits per heavy atom. The van der Waals surface area contributed by atoms with Crippen molar-refractivity contribution in [1.29, 1.82) is 0 Å². The van der Waals surface area contributed by atoms with E-state index in [1.165, 1.54) is 18.2 Å². The zero-order valence-electron chi connectivity index (χ0n) is 9.31. The van der Waals surface area contributed by atoms with E-state index < -0.39 is 17.6 Å². The van der Waals surface area contributed by atoms with Crippen LogP contribution in [0.3, 0.4) is 0 Å². The summed E-state index contributed by atoms with van der Waals surface area (Å²) < 4.78 is 50.7. The second-order valence-corrected chi connectivity index (χ2v) is 3.50. The Kier molecular flexibility index (Phi) is 4.69. The number of hydrogen-bond donors (Lipinski definition) is 1. The summed E-state index contributed by atoms with van der Waals surface area (Å²) in [5.41, 5.74) is -1.27. The highest BCUT2D eigenvalue weighted by Gasteiger charge is 2.34. The van der Waals surface area contributed by atoms with Gasteiger partial charge in [-0.05, 0) is 26.1 Å². The van der Waals surface area contributed by atoms with E-state index >= 15 is 0 Å². The van der Waals surface area contributed by atoms with E-state index in [0.29, 0.717) is 13.0 Å². The minimum Gasteiger partial charge on any atom is -0.319 e. The van der Waals surface area contributed by atoms with Gasteiger partial charge < -0.3 is 5.32 Å². The van der Waals surface area contributed by atoms with E-state index in [1.807, 2.05) is 0 Å². The SMILES string of the molecule is CNCCC=Cc1cccc(C(F)(F)F)c1F. The van der Waals surface area contributed by atoms with Gasteiger partial charge in [0, 0.05) is 5.56 Å². The molecule has 1 aromatic rings. The summed E-state index contributed by atoms with van der Waals surface area (Å²) in [4.78, 5) is 0. The maximum atomic E-state index is 13.5. The topological polar surface area (TPSA) is 12.0 Å². The van der Waals surface area contributed by atoms with Crippen molar-refractivity contribution in [3.8, 4) is 0 Å². The van der Waals surface area contributed by atoms with Crippen LogP contribution in [0.15, 0.2) is 24.3 Å². The first kappa shape index (κ1) is 13.7. The zero-order valence-corrected chi connectivity index (χ0v) is 9.31. The number of benzene rings is 1. The van der Waals surface area contributed by atoms with Crippen molar-refractivity contribution < 1.29 is 17.6 Å². The third-order valence-electron chi connectivity index (χ3n) is 2.19. The predicted molar refractivity (Wildman–Crippen MR) is 59.0 cm³/mol. The van der Waals surface area contributed by atoms with Crippen LogP contribution in [-0.2, 0) is 6.18 Å². The molecule has 0 heterocycles. The molecule has 0 saturated heterocycles. The van der Waals surface area contributed by atoms with Crippen molar-refractivity contribution in [2.45, 2.75) is 12.6 Å². The molecule has 5 heteroatoms. The van der Waals surface area contributed by atoms with Crippen molar-refractivity contribution in [2.75, 3.05) is 13.6 Å². The Morgan fingerprint density at radius 1 is 1.29 bits per heavy atom. The fourth-order valence-corrected chi connectivity index (χ4v) is 1.34. The summed E-state index contributed by atoms with van der Waals surface area (Å²) in [6, 6.07) is 3.25. The van der Waals surface area contributed by atoms with E-state index in [0.717, 1.165) is 6.07 Å². The van der Waals surface area contributed by atoms with Gasteiger partial charge in [0.1, 0.15) is 5.82 Å². The van der Waals surface area contributed by atoms with Crippen LogP contribution < -0.4 is 5.32 Å². The molecule has 1 rings (SSSR count). The second-order valence-electron chi connectivity index (χ2n) is 3.50. The molecule has 0 radical (unpaired) electrons. The van der Waals surface area contributed by atoms with Crippen LogP contribution in [-0.4, -0.2) is 13.6 Å². The number of nitrogens with one attached hydrogen (secondary N) is 1. The van der Waals surface area contributed by atoms with Crippen LogP contribution in [0.25, 0.3) is 6.08 Å². The lowest BCUT2D eigenvalue weighted by Gasteiger charge is -2.09. The standard InChI is InChI=1S/C12H13F4N/c1-17-8-3-2-5-9-6-4-7-10(11(9)13)12(14,15)16/h2,4-7,17H,3,8H2,1H3. The van der Waals surface area contributed by atoms with Gasteiger partial charge in [-0.3, -0.25) is 0 Å². The average molecular weight is 247 g/mol. The van der Waals surface area contributed by atoms with Crippen LogP contribution in [0.4, 0.5) is 17.6 Å². The van der Waals surface area contributed by atoms with Gasteiger partial charge in [-0.2, -0.15) is 13.2 Å². The lowest BCUT2D eigenvalue weighted by molar-refractivity contribution is -0.140. The normalized spacial score (nSPS) is 12.3. The van der Waals surface area contributed by atoms with E-state index in [1.54, 1.807) is 13.1 Å². The molecule has 0 aliphatic carbocycles. The molecule has 0 bridgehead atoms. The first-order valence-corrected chi connectivity index (χ1v) is 5.13. The van der Waals surface area contributed by atoms with Crippen LogP contribution in [0.1, 0.15) is 17.5 Å². The Balaban J connectivity index is 2.91. The largest absolute Gasteiger partial charge is 0.419 e. The lowest BCUT2D eigenvalue weighted by atomic mass is 10.1. The number of hydrogen-bond acceptors (Lipinski definition) is 1. The van der Waals surface area contributed by atoms with Crippen LogP contribution in [0, 0.1) is 5.82 Å². The molecule has 94 valence electrons. The van der Waals surface area contributed by atoms with Gasteiger partial charge in [-0.25, -0.2) is 4.39 Å². The summed E-state index contributed by atoms with van der Waals surface area (Å²) in [5.74, 6) is -1.22. The van der Waals surface area contributed by atoms with Gasteiger partial charge in [0.25, 0.3) is 0 Å². The Labute approximate surface area is 97.1 Å². The molecule has 1 aromatic carbocycles. The third-order valence-corrected chi connectivity index (χ3v) is 2.19. The molecule has 0 amide bonds. The van der Waals surface area contributed by atoms with Crippen LogP contribution in [0.5, 0.6) is 0 Å². The van der Waals surface area contributed by atoms with Gasteiger partial charge in [0.15, 0.2) is 0 Å². The van der Waals surface area contributed by atoms with Crippen molar-refractivity contribution in [3.63, 3.8) is 0 Å². The fourth-order valence-electron chi connectivity index (χ4n) is 1.34. The predicted octanol–water partition coefficient (Wildman–Crippen LogP) is 3.47. The van der Waals surface area contributed by atoms with Gasteiger partial charge in [0.05, 0.1) is 5.56 Å². The maximum Gasteiger partial charge on any atom is 0.419 e. The quantitative estimate of drug-likeness (QED) is 0.634. The Hall–Kier alpha value is -1.36. The molecule has 0 unspecified atom stereocenters. The Bertz CT molecular complexity index is 396. The fraction of sp³-hybridized carbons (Fsp3) is 0.333. The summed E-state index contributed by atoms with van der Waals surface area (Å²) in [6.45, 7) is 0.692. The molecular weight excluding hydrogens is 234 g/mol. The van der Waals surface area contributed by atoms with E-state index in [4.69, 9.17) is 0 Å². The summed E-state index contributed by atoms with van der Waals surface area (Å²) in [6.07, 6.45) is -1.03. The molecule has 0 aliphatic rings. The minimum atomic E-state index is -4.65. The van der Waals surface area contributed by atoms with Gasteiger partial charge in [-0.1, -0.05) is 24.3 Å². The molecular formula is C12H13F4N. The Morgan fingerprint density at radius 2 is 2.00 bits per heavy atom. The average Bonchev–Trinajstić information content (AvgIpc) is 2.25. The zero-order chi connectivity index (χ0) is 12.9. The highest BCUT2D eigenvalue weighted by atomic mass is 19.4. The first-order chi connectivity index (χ1) is 7.96. The second kappa shape index (κ2) is 5.82. The van der Waals surface area contributed by atoms with Crippen molar-refractivity contribution in [2.24, 2.45) is 0 Å². The molecule has 1 nitrogen and oxygen atoms in total. The summed E-state index contributed by atoms with van der Waals surface area (Å²) >= 11 is 0. The van der Waals surface area contributed by atoms with Crippen LogP contribution >= 0.6 is 0 Å². The molecule has 1 N–H and O–H groups in total. The van der Waals surface area contributed by atoms with Crippen molar-refractivity contribution >= 4 is 6.08 Å². The number of alkyl halides is 3. The van der Waals surface area contributed by atoms with Crippen molar-refractivity contribution in [1.82, 2.24) is 5.32 Å². The maximum absolute atomic E-state index is 13.5. The molecule has 0 fully saturated rings. The summed E-state index contributed by atoms with van der Waals surface area (Å²) in [7, 11) is 1.76. The third kappa shape index (κ3) is 3.85. The van der Waals surface area contributed by atoms with E-state index in [9.17, 15) is 17.6 Å². The van der Waals surface area contributed by atoms with Gasteiger partial charge in [-0.15, -0.1) is 0 Å². The molecule has 0 aromatic heterocycles. The molecule has 0 saturated carbocycles. The number of rotatable bonds is 4. The smallest absolute Gasteiger partial charge is 0.319 e. The van der Waals surface area contributed by atoms with E-state index in [2.05, 4.69) is 5.32 Å². The van der Waals surface area contributed by atoms with Crippen molar-refractivity contribution in [3.05, 3.63) is 41.2 Å². The highest BCUT2D eigenvalue weighted by molar-refractivity contribution is 5.51. The highest BCUT2D eigenvalue weighted by Crippen LogP contribution is 2.32. The molecule has 17 heavy (non-hydrogen) atoms. The molecule has 0 aliphatic heterocycles. The van der Waals surface area contributed by atoms with Gasteiger partial charge in [0.2, 0.25) is 0 Å². The van der Waals surface area contributed by atoms with Gasteiger partial charge >= 0.3 is 6.18 Å². The number of halogens is 4. The monoisotopic (exact) mass is 247 g/mol. The van der Waals surface area contributed by atoms with Crippen LogP contribution in [0.2, 0.25) is 0 Å². The molecule has 0 spiro atoms. The first-order valence-electron chi connectivity index (χ1n) is 5.13.